The first-order chi connectivity index (χ1) is 32.9. The molecule has 2 heteroatoms. The first kappa shape index (κ1) is 38.5. The SMILES string of the molecule is Cc1cc(N(c2ccc3c(c2)-c2ccccc2C32c3ccccc3-c3ccccc32)c2ccc3c(c2)C(C)(C)c2ccccc2-3)cc([Si]2(c3ccccc3)c3ccccc3-c3ccccc32)c1. The van der Waals surface area contributed by atoms with Gasteiger partial charge in [-0.2, -0.15) is 0 Å². The van der Waals surface area contributed by atoms with Crippen LogP contribution in [0, 0.1) is 6.92 Å². The van der Waals surface area contributed by atoms with Crippen LogP contribution in [0.2, 0.25) is 0 Å². The molecule has 0 aromatic heterocycles. The van der Waals surface area contributed by atoms with E-state index in [0.717, 1.165) is 11.4 Å². The molecule has 10 aromatic carbocycles. The molecule has 1 aliphatic heterocycles. The molecule has 1 spiro atoms. The number of hydrogen-bond donors (Lipinski definition) is 0. The van der Waals surface area contributed by atoms with Crippen molar-refractivity contribution in [2.24, 2.45) is 0 Å². The molecule has 0 radical (unpaired) electrons. The van der Waals surface area contributed by atoms with Crippen molar-refractivity contribution in [1.29, 1.82) is 0 Å². The quantitative estimate of drug-likeness (QED) is 0.156. The molecule has 67 heavy (non-hydrogen) atoms. The molecule has 0 fully saturated rings. The van der Waals surface area contributed by atoms with E-state index in [-0.39, 0.29) is 5.41 Å². The molecular weight excluding hydrogens is 823 g/mol. The molecule has 1 heterocycles. The fourth-order valence-electron chi connectivity index (χ4n) is 13.3. The van der Waals surface area contributed by atoms with Gasteiger partial charge in [-0.15, -0.1) is 0 Å². The second-order valence-corrected chi connectivity index (χ2v) is 23.3. The molecule has 316 valence electrons. The van der Waals surface area contributed by atoms with Gasteiger partial charge in [0.25, 0.3) is 0 Å². The fraction of sp³-hybridized carbons (Fsp3) is 0.0769. The summed E-state index contributed by atoms with van der Waals surface area (Å²) in [5, 5.41) is 5.72. The number of benzene rings is 10. The van der Waals surface area contributed by atoms with Crippen molar-refractivity contribution in [1.82, 2.24) is 0 Å². The Hall–Kier alpha value is -7.78. The van der Waals surface area contributed by atoms with Gasteiger partial charge >= 0.3 is 0 Å². The molecule has 14 rings (SSSR count). The zero-order valence-corrected chi connectivity index (χ0v) is 38.9. The average Bonchev–Trinajstić information content (AvgIpc) is 4.03. The highest BCUT2D eigenvalue weighted by molar-refractivity contribution is 7.22. The van der Waals surface area contributed by atoms with Gasteiger partial charge in [0.1, 0.15) is 0 Å². The van der Waals surface area contributed by atoms with Crippen LogP contribution < -0.4 is 25.6 Å². The van der Waals surface area contributed by atoms with Crippen LogP contribution in [0.1, 0.15) is 52.8 Å². The number of fused-ring (bicyclic) bond motifs is 16. The molecule has 1 nitrogen and oxygen atoms in total. The Kier molecular flexibility index (Phi) is 7.97. The first-order valence-electron chi connectivity index (χ1n) is 23.8. The number of rotatable bonds is 5. The Morgan fingerprint density at radius 1 is 0.313 bits per heavy atom. The minimum Gasteiger partial charge on any atom is -0.310 e. The van der Waals surface area contributed by atoms with Crippen LogP contribution in [0.4, 0.5) is 17.1 Å². The number of aryl methyl sites for hydroxylation is 1. The van der Waals surface area contributed by atoms with Crippen LogP contribution in [0.5, 0.6) is 0 Å². The lowest BCUT2D eigenvalue weighted by atomic mass is 9.70. The number of anilines is 3. The van der Waals surface area contributed by atoms with Gasteiger partial charge in [0, 0.05) is 22.5 Å². The summed E-state index contributed by atoms with van der Waals surface area (Å²) in [5.41, 5.74) is 23.0. The summed E-state index contributed by atoms with van der Waals surface area (Å²) >= 11 is 0. The summed E-state index contributed by atoms with van der Waals surface area (Å²) in [6.45, 7) is 7.08. The third-order valence-electron chi connectivity index (χ3n) is 16.0. The lowest BCUT2D eigenvalue weighted by molar-refractivity contribution is 0.660. The molecule has 0 saturated heterocycles. The minimum absolute atomic E-state index is 0.153. The van der Waals surface area contributed by atoms with E-state index in [9.17, 15) is 0 Å². The molecular formula is C65H47NSi. The van der Waals surface area contributed by atoms with Crippen molar-refractivity contribution < 1.29 is 0 Å². The Bertz CT molecular complexity index is 3620. The average molecular weight is 870 g/mol. The van der Waals surface area contributed by atoms with Crippen molar-refractivity contribution in [3.63, 3.8) is 0 Å². The minimum atomic E-state index is -2.80. The summed E-state index contributed by atoms with van der Waals surface area (Å²) < 4.78 is 0. The second-order valence-electron chi connectivity index (χ2n) is 19.6. The first-order valence-corrected chi connectivity index (χ1v) is 25.8. The topological polar surface area (TPSA) is 3.24 Å². The lowest BCUT2D eigenvalue weighted by Crippen LogP contribution is -2.72. The van der Waals surface area contributed by atoms with Crippen LogP contribution in [0.25, 0.3) is 44.5 Å². The molecule has 0 N–H and O–H groups in total. The van der Waals surface area contributed by atoms with E-state index in [1.165, 1.54) is 110 Å². The normalized spacial score (nSPS) is 15.1. The second kappa shape index (κ2) is 13.9. The maximum Gasteiger partial charge on any atom is 0.180 e. The largest absolute Gasteiger partial charge is 0.310 e. The lowest BCUT2D eigenvalue weighted by Gasteiger charge is -2.34. The van der Waals surface area contributed by atoms with Crippen molar-refractivity contribution in [3.05, 3.63) is 269 Å². The third kappa shape index (κ3) is 4.98. The monoisotopic (exact) mass is 869 g/mol. The number of hydrogen-bond acceptors (Lipinski definition) is 1. The standard InChI is InChI=1S/C65H47NSi/c1-42-37-45(39-47(38-42)67(46-19-5-4-6-20-46)62-31-17-11-25-53(62)54-26-12-18-32-63(54)67)66(44-33-35-52-48-21-7-13-27-56(48)64(2,3)61(52)41-44)43-34-36-60-55(40-43)51-24-10-16-30-59(51)65(60)57-28-14-8-22-49(57)50-23-9-15-29-58(50)65/h4-41H,1-3H3. The zero-order valence-electron chi connectivity index (χ0n) is 37.9. The van der Waals surface area contributed by atoms with Gasteiger partial charge in [0.15, 0.2) is 8.07 Å². The van der Waals surface area contributed by atoms with Crippen molar-refractivity contribution in [2.75, 3.05) is 4.90 Å². The summed E-state index contributed by atoms with van der Waals surface area (Å²) in [6, 6.07) is 88.3. The van der Waals surface area contributed by atoms with Crippen LogP contribution in [-0.2, 0) is 10.8 Å². The number of nitrogens with zero attached hydrogens (tertiary/aromatic N) is 1. The molecule has 10 aromatic rings. The van der Waals surface area contributed by atoms with Crippen molar-refractivity contribution >= 4 is 45.9 Å². The predicted octanol–water partition coefficient (Wildman–Crippen LogP) is 13.5. The van der Waals surface area contributed by atoms with Gasteiger partial charge in [-0.3, -0.25) is 0 Å². The van der Waals surface area contributed by atoms with E-state index in [0.29, 0.717) is 0 Å². The maximum atomic E-state index is 2.57. The van der Waals surface area contributed by atoms with E-state index in [4.69, 9.17) is 0 Å². The van der Waals surface area contributed by atoms with Gasteiger partial charge in [-0.1, -0.05) is 208 Å². The Morgan fingerprint density at radius 3 is 1.37 bits per heavy atom. The van der Waals surface area contributed by atoms with Crippen molar-refractivity contribution in [2.45, 2.75) is 31.6 Å². The molecule has 0 amide bonds. The van der Waals surface area contributed by atoms with Crippen LogP contribution in [-0.4, -0.2) is 8.07 Å². The van der Waals surface area contributed by atoms with Gasteiger partial charge < -0.3 is 4.90 Å². The van der Waals surface area contributed by atoms with Crippen LogP contribution in [0.3, 0.4) is 0 Å². The van der Waals surface area contributed by atoms with E-state index in [1.54, 1.807) is 0 Å². The van der Waals surface area contributed by atoms with Crippen molar-refractivity contribution in [3.8, 4) is 44.5 Å². The van der Waals surface area contributed by atoms with E-state index in [2.05, 4.69) is 256 Å². The van der Waals surface area contributed by atoms with E-state index < -0.39 is 13.5 Å². The molecule has 0 saturated carbocycles. The summed E-state index contributed by atoms with van der Waals surface area (Å²) in [4.78, 5) is 2.57. The summed E-state index contributed by atoms with van der Waals surface area (Å²) in [5.74, 6) is 0. The molecule has 0 atom stereocenters. The van der Waals surface area contributed by atoms with E-state index in [1.807, 2.05) is 0 Å². The van der Waals surface area contributed by atoms with Crippen LogP contribution >= 0.6 is 0 Å². The highest BCUT2D eigenvalue weighted by Gasteiger charge is 2.52. The van der Waals surface area contributed by atoms with E-state index >= 15 is 0 Å². The Balaban J connectivity index is 1.04. The Labute approximate surface area is 394 Å². The maximum absolute atomic E-state index is 2.80. The fourth-order valence-corrected chi connectivity index (χ4v) is 18.6. The molecule has 3 aliphatic carbocycles. The Morgan fingerprint density at radius 2 is 0.761 bits per heavy atom. The highest BCUT2D eigenvalue weighted by atomic mass is 28.3. The van der Waals surface area contributed by atoms with Gasteiger partial charge in [0.2, 0.25) is 0 Å². The molecule has 0 unspecified atom stereocenters. The highest BCUT2D eigenvalue weighted by Crippen LogP contribution is 2.63. The van der Waals surface area contributed by atoms with Gasteiger partial charge in [-0.25, -0.2) is 0 Å². The van der Waals surface area contributed by atoms with Gasteiger partial charge in [0.05, 0.1) is 5.41 Å². The predicted molar refractivity (Wildman–Crippen MR) is 282 cm³/mol. The summed E-state index contributed by atoms with van der Waals surface area (Å²) in [7, 11) is -2.80. The zero-order chi connectivity index (χ0) is 44.6. The molecule has 0 bridgehead atoms. The molecule has 4 aliphatic rings. The smallest absolute Gasteiger partial charge is 0.180 e. The van der Waals surface area contributed by atoms with Gasteiger partial charge in [-0.05, 0) is 148 Å². The summed E-state index contributed by atoms with van der Waals surface area (Å²) in [6.07, 6.45) is 0. The van der Waals surface area contributed by atoms with Crippen LogP contribution in [0.15, 0.2) is 231 Å². The third-order valence-corrected chi connectivity index (χ3v) is 20.8.